The van der Waals surface area contributed by atoms with Crippen LogP contribution >= 0.6 is 0 Å². The van der Waals surface area contributed by atoms with Crippen LogP contribution in [0.5, 0.6) is 11.5 Å². The predicted molar refractivity (Wildman–Crippen MR) is 78.6 cm³/mol. The zero-order valence-corrected chi connectivity index (χ0v) is 12.9. The molecule has 1 aliphatic rings. The lowest BCUT2D eigenvalue weighted by Gasteiger charge is -2.16. The Bertz CT molecular complexity index is 573. The van der Waals surface area contributed by atoms with Crippen molar-refractivity contribution in [3.8, 4) is 11.5 Å². The molecule has 7 heteroatoms. The van der Waals surface area contributed by atoms with Crippen LogP contribution in [0.2, 0.25) is 0 Å². The molecular weight excluding hydrogens is 294 g/mol. The third kappa shape index (κ3) is 4.09. The molecule has 1 heterocycles. The topological polar surface area (TPSA) is 87.9 Å². The second-order valence-electron chi connectivity index (χ2n) is 4.75. The summed E-state index contributed by atoms with van der Waals surface area (Å²) in [5.74, 6) is 0.901. The van der Waals surface area contributed by atoms with Crippen molar-refractivity contribution >= 4 is 9.84 Å². The molecule has 0 saturated heterocycles. The van der Waals surface area contributed by atoms with E-state index in [9.17, 15) is 8.42 Å². The Morgan fingerprint density at radius 3 is 2.67 bits per heavy atom. The summed E-state index contributed by atoms with van der Waals surface area (Å²) < 4.78 is 41.2. The average molecular weight is 315 g/mol. The van der Waals surface area contributed by atoms with Gasteiger partial charge in [-0.3, -0.25) is 0 Å². The third-order valence-corrected chi connectivity index (χ3v) is 4.93. The summed E-state index contributed by atoms with van der Waals surface area (Å²) in [7, 11) is -3.48. The van der Waals surface area contributed by atoms with E-state index in [1.807, 2.05) is 6.92 Å². The van der Waals surface area contributed by atoms with Crippen molar-refractivity contribution < 1.29 is 22.6 Å². The van der Waals surface area contributed by atoms with E-state index in [1.165, 1.54) is 12.1 Å². The molecule has 0 aromatic heterocycles. The minimum absolute atomic E-state index is 0.142. The zero-order chi connectivity index (χ0) is 15.3. The SMILES string of the molecule is CCOC(CN)CS(=O)(=O)c1ccc2c(c1)OCCCO2. The molecule has 2 N–H and O–H groups in total. The number of rotatable bonds is 6. The lowest BCUT2D eigenvalue weighted by atomic mass is 10.3. The first-order chi connectivity index (χ1) is 10.1. The van der Waals surface area contributed by atoms with E-state index in [4.69, 9.17) is 19.9 Å². The average Bonchev–Trinajstić information content (AvgIpc) is 2.71. The highest BCUT2D eigenvalue weighted by atomic mass is 32.2. The summed E-state index contributed by atoms with van der Waals surface area (Å²) in [6.45, 7) is 3.48. The van der Waals surface area contributed by atoms with Gasteiger partial charge in [0, 0.05) is 25.6 Å². The Hall–Kier alpha value is -1.31. The highest BCUT2D eigenvalue weighted by Crippen LogP contribution is 2.32. The van der Waals surface area contributed by atoms with Gasteiger partial charge in [0.15, 0.2) is 21.3 Å². The van der Waals surface area contributed by atoms with E-state index >= 15 is 0 Å². The van der Waals surface area contributed by atoms with E-state index in [0.29, 0.717) is 31.3 Å². The monoisotopic (exact) mass is 315 g/mol. The van der Waals surface area contributed by atoms with Crippen LogP contribution in [0.3, 0.4) is 0 Å². The van der Waals surface area contributed by atoms with Gasteiger partial charge >= 0.3 is 0 Å². The molecular formula is C14H21NO5S. The van der Waals surface area contributed by atoms with Gasteiger partial charge in [0.25, 0.3) is 0 Å². The summed E-state index contributed by atoms with van der Waals surface area (Å²) in [6, 6.07) is 4.67. The number of sulfone groups is 1. The van der Waals surface area contributed by atoms with Crippen LogP contribution in [0.25, 0.3) is 0 Å². The molecule has 0 fully saturated rings. The quantitative estimate of drug-likeness (QED) is 0.842. The van der Waals surface area contributed by atoms with E-state index in [0.717, 1.165) is 6.42 Å². The number of nitrogens with two attached hydrogens (primary N) is 1. The maximum absolute atomic E-state index is 12.4. The first-order valence-corrected chi connectivity index (χ1v) is 8.66. The highest BCUT2D eigenvalue weighted by Gasteiger charge is 2.23. The largest absolute Gasteiger partial charge is 0.490 e. The van der Waals surface area contributed by atoms with Crippen molar-refractivity contribution in [2.24, 2.45) is 5.73 Å². The molecule has 0 bridgehead atoms. The smallest absolute Gasteiger partial charge is 0.181 e. The third-order valence-electron chi connectivity index (χ3n) is 3.15. The zero-order valence-electron chi connectivity index (χ0n) is 12.1. The molecule has 0 radical (unpaired) electrons. The molecule has 1 atom stereocenters. The predicted octanol–water partition coefficient (Wildman–Crippen LogP) is 0.985. The van der Waals surface area contributed by atoms with Crippen LogP contribution in [-0.4, -0.2) is 46.6 Å². The fourth-order valence-electron chi connectivity index (χ4n) is 2.10. The van der Waals surface area contributed by atoms with Crippen molar-refractivity contribution in [2.45, 2.75) is 24.3 Å². The maximum Gasteiger partial charge on any atom is 0.181 e. The van der Waals surface area contributed by atoms with Crippen LogP contribution in [0.1, 0.15) is 13.3 Å². The normalized spacial score (nSPS) is 16.3. The Balaban J connectivity index is 2.22. The molecule has 2 rings (SSSR count). The summed E-state index contributed by atoms with van der Waals surface area (Å²) in [6.07, 6.45) is 0.270. The molecule has 1 aliphatic heterocycles. The minimum Gasteiger partial charge on any atom is -0.490 e. The molecule has 0 amide bonds. The molecule has 0 aliphatic carbocycles. The Kier molecular flexibility index (Phi) is 5.44. The fourth-order valence-corrected chi connectivity index (χ4v) is 3.57. The summed E-state index contributed by atoms with van der Waals surface area (Å²) >= 11 is 0. The van der Waals surface area contributed by atoms with Crippen LogP contribution in [0.4, 0.5) is 0 Å². The number of hydrogen-bond donors (Lipinski definition) is 1. The fraction of sp³-hybridized carbons (Fsp3) is 0.571. The molecule has 6 nitrogen and oxygen atoms in total. The van der Waals surface area contributed by atoms with Gasteiger partial charge in [-0.25, -0.2) is 8.42 Å². The summed E-state index contributed by atoms with van der Waals surface area (Å²) in [5, 5.41) is 0. The lowest BCUT2D eigenvalue weighted by molar-refractivity contribution is 0.0846. The summed E-state index contributed by atoms with van der Waals surface area (Å²) in [4.78, 5) is 0.199. The molecule has 0 spiro atoms. The van der Waals surface area contributed by atoms with Crippen LogP contribution in [0, 0.1) is 0 Å². The highest BCUT2D eigenvalue weighted by molar-refractivity contribution is 7.91. The van der Waals surface area contributed by atoms with Crippen LogP contribution in [0.15, 0.2) is 23.1 Å². The standard InChI is InChI=1S/C14H21NO5S/c1-2-18-11(9-15)10-21(16,17)12-4-5-13-14(8-12)20-7-3-6-19-13/h4-5,8,11H,2-3,6-7,9-10,15H2,1H3. The molecule has 1 unspecified atom stereocenters. The first-order valence-electron chi connectivity index (χ1n) is 7.01. The second kappa shape index (κ2) is 7.11. The number of hydrogen-bond acceptors (Lipinski definition) is 6. The van der Waals surface area contributed by atoms with E-state index in [-0.39, 0.29) is 17.2 Å². The molecule has 0 saturated carbocycles. The first kappa shape index (κ1) is 16.1. The number of fused-ring (bicyclic) bond motifs is 1. The molecule has 118 valence electrons. The van der Waals surface area contributed by atoms with E-state index < -0.39 is 15.9 Å². The van der Waals surface area contributed by atoms with Crippen molar-refractivity contribution in [1.82, 2.24) is 0 Å². The molecule has 1 aromatic rings. The van der Waals surface area contributed by atoms with E-state index in [1.54, 1.807) is 6.07 Å². The van der Waals surface area contributed by atoms with E-state index in [2.05, 4.69) is 0 Å². The maximum atomic E-state index is 12.4. The van der Waals surface area contributed by atoms with Gasteiger partial charge in [0.05, 0.1) is 30.0 Å². The Morgan fingerprint density at radius 2 is 2.00 bits per heavy atom. The van der Waals surface area contributed by atoms with Gasteiger partial charge in [0.1, 0.15) is 0 Å². The summed E-state index contributed by atoms with van der Waals surface area (Å²) in [5.41, 5.74) is 5.54. The van der Waals surface area contributed by atoms with Gasteiger partial charge in [-0.15, -0.1) is 0 Å². The Morgan fingerprint density at radius 1 is 1.29 bits per heavy atom. The van der Waals surface area contributed by atoms with Gasteiger partial charge in [-0.2, -0.15) is 0 Å². The van der Waals surface area contributed by atoms with Crippen LogP contribution in [-0.2, 0) is 14.6 Å². The van der Waals surface area contributed by atoms with Crippen molar-refractivity contribution in [1.29, 1.82) is 0 Å². The van der Waals surface area contributed by atoms with Crippen molar-refractivity contribution in [2.75, 3.05) is 32.1 Å². The van der Waals surface area contributed by atoms with Crippen LogP contribution < -0.4 is 15.2 Å². The second-order valence-corrected chi connectivity index (χ2v) is 6.79. The molecule has 1 aromatic carbocycles. The van der Waals surface area contributed by atoms with Gasteiger partial charge in [-0.1, -0.05) is 0 Å². The minimum atomic E-state index is -3.48. The Labute approximate surface area is 125 Å². The molecule has 21 heavy (non-hydrogen) atoms. The van der Waals surface area contributed by atoms with Gasteiger partial charge in [0.2, 0.25) is 0 Å². The van der Waals surface area contributed by atoms with Gasteiger partial charge in [-0.05, 0) is 19.1 Å². The van der Waals surface area contributed by atoms with Gasteiger partial charge < -0.3 is 19.9 Å². The number of ether oxygens (including phenoxy) is 3. The van der Waals surface area contributed by atoms with Crippen molar-refractivity contribution in [3.63, 3.8) is 0 Å². The lowest BCUT2D eigenvalue weighted by Crippen LogP contribution is -2.31. The number of benzene rings is 1. The van der Waals surface area contributed by atoms with Crippen molar-refractivity contribution in [3.05, 3.63) is 18.2 Å².